The number of benzene rings is 1. The number of hydrogen-bond donors (Lipinski definition) is 3. The lowest BCUT2D eigenvalue weighted by molar-refractivity contribution is -0.140. The molecule has 0 aromatic heterocycles. The Morgan fingerprint density at radius 2 is 2.11 bits per heavy atom. The zero-order valence-electron chi connectivity index (χ0n) is 11.5. The smallest absolute Gasteiger partial charge is 0.320 e. The summed E-state index contributed by atoms with van der Waals surface area (Å²) in [5.74, 6) is -0.359. The molecule has 1 aromatic rings. The molecule has 106 valence electrons. The van der Waals surface area contributed by atoms with Crippen molar-refractivity contribution in [1.29, 1.82) is 0 Å². The van der Waals surface area contributed by atoms with Gasteiger partial charge in [0.2, 0.25) is 0 Å². The second-order valence-corrected chi connectivity index (χ2v) is 4.68. The molecular weight excluding hydrogens is 246 g/mol. The molecule has 3 N–H and O–H groups in total. The van der Waals surface area contributed by atoms with Crippen molar-refractivity contribution in [1.82, 2.24) is 5.32 Å². The topological polar surface area (TPSA) is 78.8 Å². The van der Waals surface area contributed by atoms with E-state index in [1.165, 1.54) is 0 Å². The van der Waals surface area contributed by atoms with Crippen LogP contribution >= 0.6 is 0 Å². The highest BCUT2D eigenvalue weighted by molar-refractivity contribution is 5.73. The van der Waals surface area contributed by atoms with Crippen LogP contribution in [-0.4, -0.2) is 28.8 Å². The Morgan fingerprint density at radius 1 is 1.42 bits per heavy atom. The first-order valence-corrected chi connectivity index (χ1v) is 6.36. The van der Waals surface area contributed by atoms with Gasteiger partial charge in [0.25, 0.3) is 0 Å². The molecule has 0 bridgehead atoms. The number of ether oxygens (including phenoxy) is 1. The fourth-order valence-electron chi connectivity index (χ4n) is 1.78. The molecule has 5 nitrogen and oxygen atoms in total. The van der Waals surface area contributed by atoms with Crippen LogP contribution in [0.25, 0.3) is 0 Å². The molecule has 0 aliphatic carbocycles. The second-order valence-electron chi connectivity index (χ2n) is 4.68. The number of hydrogen-bond acceptors (Lipinski definition) is 4. The average molecular weight is 267 g/mol. The molecule has 0 fully saturated rings. The summed E-state index contributed by atoms with van der Waals surface area (Å²) in [7, 11) is 0. The second kappa shape index (κ2) is 6.99. The maximum atomic E-state index is 11.1. The van der Waals surface area contributed by atoms with Crippen molar-refractivity contribution in [3.8, 4) is 11.5 Å². The van der Waals surface area contributed by atoms with Crippen LogP contribution in [0.5, 0.6) is 11.5 Å². The van der Waals surface area contributed by atoms with E-state index in [-0.39, 0.29) is 11.7 Å². The van der Waals surface area contributed by atoms with Crippen LogP contribution in [0.3, 0.4) is 0 Å². The van der Waals surface area contributed by atoms with Gasteiger partial charge in [-0.25, -0.2) is 0 Å². The number of aromatic hydroxyl groups is 1. The normalized spacial score (nSPS) is 12.4. The monoisotopic (exact) mass is 267 g/mol. The number of phenolic OH excluding ortho intramolecular Hbond substituents is 1. The molecule has 19 heavy (non-hydrogen) atoms. The zero-order valence-corrected chi connectivity index (χ0v) is 11.5. The van der Waals surface area contributed by atoms with Crippen LogP contribution < -0.4 is 10.1 Å². The molecular formula is C14H21NO4. The van der Waals surface area contributed by atoms with Gasteiger partial charge < -0.3 is 20.3 Å². The van der Waals surface area contributed by atoms with Gasteiger partial charge in [0.1, 0.15) is 6.04 Å². The summed E-state index contributed by atoms with van der Waals surface area (Å²) < 4.78 is 5.28. The van der Waals surface area contributed by atoms with Crippen molar-refractivity contribution in [3.05, 3.63) is 23.8 Å². The van der Waals surface area contributed by atoms with Gasteiger partial charge in [-0.1, -0.05) is 19.9 Å². The molecule has 5 heteroatoms. The summed E-state index contributed by atoms with van der Waals surface area (Å²) in [6.07, 6.45) is 0. The predicted octanol–water partition coefficient (Wildman–Crippen LogP) is 1.99. The van der Waals surface area contributed by atoms with Crippen LogP contribution in [0.4, 0.5) is 0 Å². The van der Waals surface area contributed by atoms with E-state index >= 15 is 0 Å². The number of carboxylic acids is 1. The average Bonchev–Trinajstić information content (AvgIpc) is 2.32. The van der Waals surface area contributed by atoms with Gasteiger partial charge in [-0.15, -0.1) is 0 Å². The summed E-state index contributed by atoms with van der Waals surface area (Å²) in [5, 5.41) is 21.6. The molecule has 0 spiro atoms. The summed E-state index contributed by atoms with van der Waals surface area (Å²) >= 11 is 0. The number of carboxylic acid groups (broad SMARTS) is 1. The van der Waals surface area contributed by atoms with E-state index in [0.717, 1.165) is 5.56 Å². The SMILES string of the molecule is CCOc1cc(CNC(C(=O)O)C(C)C)ccc1O. The first-order chi connectivity index (χ1) is 8.95. The molecule has 1 unspecified atom stereocenters. The summed E-state index contributed by atoms with van der Waals surface area (Å²) in [6, 6.07) is 4.41. The lowest BCUT2D eigenvalue weighted by atomic mass is 10.0. The molecule has 0 saturated heterocycles. The fourth-order valence-corrected chi connectivity index (χ4v) is 1.78. The fraction of sp³-hybridized carbons (Fsp3) is 0.500. The Morgan fingerprint density at radius 3 is 2.63 bits per heavy atom. The minimum Gasteiger partial charge on any atom is -0.504 e. The van der Waals surface area contributed by atoms with E-state index in [4.69, 9.17) is 9.84 Å². The molecule has 1 rings (SSSR count). The zero-order chi connectivity index (χ0) is 14.4. The first-order valence-electron chi connectivity index (χ1n) is 6.36. The minimum atomic E-state index is -0.862. The number of phenols is 1. The highest BCUT2D eigenvalue weighted by atomic mass is 16.5. The summed E-state index contributed by atoms with van der Waals surface area (Å²) in [5.41, 5.74) is 0.869. The Bertz CT molecular complexity index is 431. The molecule has 0 amide bonds. The Kier molecular flexibility index (Phi) is 5.63. The standard InChI is InChI=1S/C14H21NO4/c1-4-19-12-7-10(5-6-11(12)16)8-15-13(9(2)3)14(17)18/h5-7,9,13,15-16H,4,8H2,1-3H3,(H,17,18). The quantitative estimate of drug-likeness (QED) is 0.704. The van der Waals surface area contributed by atoms with E-state index in [2.05, 4.69) is 5.32 Å². The number of carbonyl (C=O) groups is 1. The lowest BCUT2D eigenvalue weighted by Crippen LogP contribution is -2.40. The van der Waals surface area contributed by atoms with Crippen LogP contribution in [0, 0.1) is 5.92 Å². The number of aliphatic carboxylic acids is 1. The van der Waals surface area contributed by atoms with Gasteiger partial charge >= 0.3 is 5.97 Å². The van der Waals surface area contributed by atoms with Gasteiger partial charge in [0.15, 0.2) is 11.5 Å². The molecule has 0 aliphatic heterocycles. The van der Waals surface area contributed by atoms with Crippen molar-refractivity contribution >= 4 is 5.97 Å². The molecule has 1 atom stereocenters. The molecule has 0 saturated carbocycles. The lowest BCUT2D eigenvalue weighted by Gasteiger charge is -2.18. The highest BCUT2D eigenvalue weighted by Crippen LogP contribution is 2.26. The number of rotatable bonds is 7. The largest absolute Gasteiger partial charge is 0.504 e. The van der Waals surface area contributed by atoms with E-state index in [1.807, 2.05) is 20.8 Å². The van der Waals surface area contributed by atoms with Crippen molar-refractivity contribution in [3.63, 3.8) is 0 Å². The van der Waals surface area contributed by atoms with E-state index in [0.29, 0.717) is 18.9 Å². The molecule has 0 radical (unpaired) electrons. The third kappa shape index (κ3) is 4.44. The van der Waals surface area contributed by atoms with Gasteiger partial charge in [0.05, 0.1) is 6.61 Å². The minimum absolute atomic E-state index is 0.000905. The molecule has 1 aromatic carbocycles. The summed E-state index contributed by atoms with van der Waals surface area (Å²) in [4.78, 5) is 11.1. The van der Waals surface area contributed by atoms with Crippen molar-refractivity contribution in [2.24, 2.45) is 5.92 Å². The summed E-state index contributed by atoms with van der Waals surface area (Å²) in [6.45, 7) is 6.43. The van der Waals surface area contributed by atoms with Crippen molar-refractivity contribution in [2.45, 2.75) is 33.4 Å². The Balaban J connectivity index is 2.72. The predicted molar refractivity (Wildman–Crippen MR) is 72.4 cm³/mol. The van der Waals surface area contributed by atoms with Gasteiger partial charge in [0, 0.05) is 6.54 Å². The maximum Gasteiger partial charge on any atom is 0.320 e. The van der Waals surface area contributed by atoms with E-state index < -0.39 is 12.0 Å². The molecule has 0 aliphatic rings. The highest BCUT2D eigenvalue weighted by Gasteiger charge is 2.20. The van der Waals surface area contributed by atoms with Gasteiger partial charge in [-0.3, -0.25) is 4.79 Å². The molecule has 0 heterocycles. The van der Waals surface area contributed by atoms with Crippen molar-refractivity contribution in [2.75, 3.05) is 6.61 Å². The van der Waals surface area contributed by atoms with Gasteiger partial charge in [-0.2, -0.15) is 0 Å². The van der Waals surface area contributed by atoms with Gasteiger partial charge in [-0.05, 0) is 30.5 Å². The number of nitrogens with one attached hydrogen (secondary N) is 1. The van der Waals surface area contributed by atoms with E-state index in [1.54, 1.807) is 18.2 Å². The van der Waals surface area contributed by atoms with E-state index in [9.17, 15) is 9.90 Å². The Hall–Kier alpha value is -1.75. The third-order valence-electron chi connectivity index (χ3n) is 2.78. The Labute approximate surface area is 113 Å². The van der Waals surface area contributed by atoms with Crippen LogP contribution in [0.2, 0.25) is 0 Å². The van der Waals surface area contributed by atoms with Crippen LogP contribution in [-0.2, 0) is 11.3 Å². The first kappa shape index (κ1) is 15.3. The van der Waals surface area contributed by atoms with Crippen LogP contribution in [0.1, 0.15) is 26.3 Å². The van der Waals surface area contributed by atoms with Crippen molar-refractivity contribution < 1.29 is 19.7 Å². The maximum absolute atomic E-state index is 11.1. The van der Waals surface area contributed by atoms with Crippen LogP contribution in [0.15, 0.2) is 18.2 Å². The third-order valence-corrected chi connectivity index (χ3v) is 2.78.